The standard InChI is InChI=1S/C24H30N4O3/c25-24-6-4-20(15-26-24)19-2-1-18-3-5-23(14-21(18)13-19)31-17-22(30)16-28-9-7-27(8-10-28)11-12-29/h1-6,13-15,22,29-30H,7-12,16-17H2,(H2,25,26). The number of piperazine rings is 1. The highest BCUT2D eigenvalue weighted by molar-refractivity contribution is 5.88. The van der Waals surface area contributed by atoms with Crippen LogP contribution in [-0.4, -0.2) is 83.6 Å². The molecule has 2 aromatic carbocycles. The minimum absolute atomic E-state index is 0.195. The molecule has 2 heterocycles. The molecule has 1 atom stereocenters. The zero-order valence-corrected chi connectivity index (χ0v) is 17.7. The van der Waals surface area contributed by atoms with Crippen molar-refractivity contribution in [1.29, 1.82) is 0 Å². The lowest BCUT2D eigenvalue weighted by atomic mass is 10.0. The van der Waals surface area contributed by atoms with Crippen LogP contribution in [0.5, 0.6) is 5.75 Å². The van der Waals surface area contributed by atoms with Gasteiger partial charge < -0.3 is 20.7 Å². The molecule has 0 aliphatic carbocycles. The van der Waals surface area contributed by atoms with Crippen LogP contribution in [0.3, 0.4) is 0 Å². The zero-order chi connectivity index (χ0) is 21.6. The van der Waals surface area contributed by atoms with E-state index in [2.05, 4.69) is 33.0 Å². The number of rotatable bonds is 8. The number of nitrogen functional groups attached to an aromatic ring is 1. The van der Waals surface area contributed by atoms with Gasteiger partial charge in [0, 0.05) is 51.0 Å². The molecule has 0 spiro atoms. The number of pyridine rings is 1. The van der Waals surface area contributed by atoms with Gasteiger partial charge in [0.05, 0.1) is 6.61 Å². The lowest BCUT2D eigenvalue weighted by Gasteiger charge is -2.35. The maximum Gasteiger partial charge on any atom is 0.123 e. The van der Waals surface area contributed by atoms with E-state index in [1.165, 1.54) is 0 Å². The number of hydrogen-bond donors (Lipinski definition) is 3. The van der Waals surface area contributed by atoms with Crippen LogP contribution in [0.15, 0.2) is 54.7 Å². The molecule has 0 radical (unpaired) electrons. The second-order valence-electron chi connectivity index (χ2n) is 8.03. The van der Waals surface area contributed by atoms with Crippen molar-refractivity contribution in [2.45, 2.75) is 6.10 Å². The summed E-state index contributed by atoms with van der Waals surface area (Å²) in [6.07, 6.45) is 1.23. The van der Waals surface area contributed by atoms with Crippen LogP contribution in [0, 0.1) is 0 Å². The number of aliphatic hydroxyl groups excluding tert-OH is 2. The Hall–Kier alpha value is -2.71. The van der Waals surface area contributed by atoms with E-state index in [0.717, 1.165) is 60.4 Å². The van der Waals surface area contributed by atoms with Gasteiger partial charge in [-0.2, -0.15) is 0 Å². The summed E-state index contributed by atoms with van der Waals surface area (Å²) in [4.78, 5) is 8.66. The third-order valence-corrected chi connectivity index (χ3v) is 5.72. The molecule has 1 aliphatic rings. The van der Waals surface area contributed by atoms with E-state index in [1.54, 1.807) is 12.3 Å². The number of aromatic nitrogens is 1. The molecular weight excluding hydrogens is 392 g/mol. The van der Waals surface area contributed by atoms with Crippen LogP contribution in [0.2, 0.25) is 0 Å². The molecule has 4 N–H and O–H groups in total. The number of fused-ring (bicyclic) bond motifs is 1. The molecule has 3 aromatic rings. The molecule has 0 bridgehead atoms. The van der Waals surface area contributed by atoms with Crippen LogP contribution in [0.1, 0.15) is 0 Å². The Morgan fingerprint density at radius 1 is 0.935 bits per heavy atom. The molecule has 1 unspecified atom stereocenters. The van der Waals surface area contributed by atoms with E-state index in [0.29, 0.717) is 12.4 Å². The van der Waals surface area contributed by atoms with E-state index in [1.807, 2.05) is 24.3 Å². The van der Waals surface area contributed by atoms with Gasteiger partial charge in [-0.3, -0.25) is 9.80 Å². The number of anilines is 1. The molecule has 7 nitrogen and oxygen atoms in total. The van der Waals surface area contributed by atoms with Gasteiger partial charge in [0.25, 0.3) is 0 Å². The Kier molecular flexibility index (Phi) is 6.99. The number of β-amino-alcohol motifs (C(OH)–C–C–N with tert-alkyl or cyclic N) is 2. The monoisotopic (exact) mass is 422 g/mol. The van der Waals surface area contributed by atoms with Gasteiger partial charge in [0.15, 0.2) is 0 Å². The number of benzene rings is 2. The van der Waals surface area contributed by atoms with Crippen molar-refractivity contribution in [3.63, 3.8) is 0 Å². The minimum atomic E-state index is -0.549. The van der Waals surface area contributed by atoms with Crippen LogP contribution >= 0.6 is 0 Å². The smallest absolute Gasteiger partial charge is 0.123 e. The van der Waals surface area contributed by atoms with Crippen molar-refractivity contribution >= 4 is 16.6 Å². The van der Waals surface area contributed by atoms with Crippen molar-refractivity contribution < 1.29 is 14.9 Å². The second-order valence-corrected chi connectivity index (χ2v) is 8.03. The zero-order valence-electron chi connectivity index (χ0n) is 17.7. The molecule has 1 saturated heterocycles. The Bertz CT molecular complexity index is 988. The molecule has 164 valence electrons. The van der Waals surface area contributed by atoms with Crippen LogP contribution in [0.4, 0.5) is 5.82 Å². The number of hydrogen-bond acceptors (Lipinski definition) is 7. The first-order valence-corrected chi connectivity index (χ1v) is 10.7. The largest absolute Gasteiger partial charge is 0.491 e. The van der Waals surface area contributed by atoms with E-state index < -0.39 is 6.10 Å². The maximum atomic E-state index is 10.4. The van der Waals surface area contributed by atoms with E-state index in [4.69, 9.17) is 15.6 Å². The fourth-order valence-electron chi connectivity index (χ4n) is 3.95. The molecule has 1 aromatic heterocycles. The Morgan fingerprint density at radius 3 is 2.42 bits per heavy atom. The number of aliphatic hydroxyl groups is 2. The first-order valence-electron chi connectivity index (χ1n) is 10.7. The number of nitrogens with zero attached hydrogens (tertiary/aromatic N) is 3. The fraction of sp³-hybridized carbons (Fsp3) is 0.375. The summed E-state index contributed by atoms with van der Waals surface area (Å²) in [7, 11) is 0. The minimum Gasteiger partial charge on any atom is -0.491 e. The van der Waals surface area contributed by atoms with E-state index in [9.17, 15) is 5.11 Å². The molecular formula is C24H30N4O3. The summed E-state index contributed by atoms with van der Waals surface area (Å²) in [5.41, 5.74) is 7.77. The summed E-state index contributed by atoms with van der Waals surface area (Å²) >= 11 is 0. The van der Waals surface area contributed by atoms with E-state index in [-0.39, 0.29) is 13.2 Å². The Balaban J connectivity index is 1.34. The van der Waals surface area contributed by atoms with Gasteiger partial charge in [0.2, 0.25) is 0 Å². The Labute approximate surface area is 182 Å². The van der Waals surface area contributed by atoms with Gasteiger partial charge in [-0.15, -0.1) is 0 Å². The van der Waals surface area contributed by atoms with E-state index >= 15 is 0 Å². The number of nitrogens with two attached hydrogens (primary N) is 1. The Morgan fingerprint density at radius 2 is 1.68 bits per heavy atom. The van der Waals surface area contributed by atoms with Gasteiger partial charge in [-0.1, -0.05) is 18.2 Å². The summed E-state index contributed by atoms with van der Waals surface area (Å²) in [5, 5.41) is 21.7. The molecule has 0 amide bonds. The van der Waals surface area contributed by atoms with Gasteiger partial charge >= 0.3 is 0 Å². The third-order valence-electron chi connectivity index (χ3n) is 5.72. The predicted molar refractivity (Wildman–Crippen MR) is 123 cm³/mol. The fourth-order valence-corrected chi connectivity index (χ4v) is 3.95. The lowest BCUT2D eigenvalue weighted by Crippen LogP contribution is -2.49. The molecule has 1 aliphatic heterocycles. The first-order chi connectivity index (χ1) is 15.1. The highest BCUT2D eigenvalue weighted by atomic mass is 16.5. The average molecular weight is 423 g/mol. The summed E-state index contributed by atoms with van der Waals surface area (Å²) < 4.78 is 5.89. The first kappa shape index (κ1) is 21.5. The van der Waals surface area contributed by atoms with Gasteiger partial charge in [-0.25, -0.2) is 4.98 Å². The van der Waals surface area contributed by atoms with Crippen LogP contribution < -0.4 is 10.5 Å². The normalized spacial score (nSPS) is 16.5. The topological polar surface area (TPSA) is 95.1 Å². The average Bonchev–Trinajstić information content (AvgIpc) is 2.79. The van der Waals surface area contributed by atoms with Gasteiger partial charge in [0.1, 0.15) is 24.3 Å². The SMILES string of the molecule is Nc1ccc(-c2ccc3ccc(OCC(O)CN4CCN(CCO)CC4)cc3c2)cn1. The van der Waals surface area contributed by atoms with Crippen molar-refractivity contribution in [2.24, 2.45) is 0 Å². The summed E-state index contributed by atoms with van der Waals surface area (Å²) in [6, 6.07) is 16.0. The summed E-state index contributed by atoms with van der Waals surface area (Å²) in [5.74, 6) is 1.25. The highest BCUT2D eigenvalue weighted by Crippen LogP contribution is 2.27. The van der Waals surface area contributed by atoms with Crippen molar-refractivity contribution in [2.75, 3.05) is 58.2 Å². The lowest BCUT2D eigenvalue weighted by molar-refractivity contribution is 0.0429. The van der Waals surface area contributed by atoms with Crippen molar-refractivity contribution in [3.05, 3.63) is 54.7 Å². The predicted octanol–water partition coefficient (Wildman–Crippen LogP) is 1.83. The van der Waals surface area contributed by atoms with Crippen molar-refractivity contribution in [3.8, 4) is 16.9 Å². The highest BCUT2D eigenvalue weighted by Gasteiger charge is 2.19. The van der Waals surface area contributed by atoms with Gasteiger partial charge in [-0.05, 0) is 46.7 Å². The quantitative estimate of drug-likeness (QED) is 0.510. The molecule has 1 fully saturated rings. The molecule has 31 heavy (non-hydrogen) atoms. The van der Waals surface area contributed by atoms with Crippen LogP contribution in [-0.2, 0) is 0 Å². The van der Waals surface area contributed by atoms with Crippen LogP contribution in [0.25, 0.3) is 21.9 Å². The molecule has 0 saturated carbocycles. The van der Waals surface area contributed by atoms with Crippen molar-refractivity contribution in [1.82, 2.24) is 14.8 Å². The second kappa shape index (κ2) is 10.1. The maximum absolute atomic E-state index is 10.4. The summed E-state index contributed by atoms with van der Waals surface area (Å²) in [6.45, 7) is 5.40. The number of ether oxygens (including phenoxy) is 1. The molecule has 4 rings (SSSR count). The molecule has 7 heteroatoms. The third kappa shape index (κ3) is 5.71.